The van der Waals surface area contributed by atoms with Gasteiger partial charge in [0.15, 0.2) is 5.78 Å². The molecule has 0 fully saturated rings. The van der Waals surface area contributed by atoms with Gasteiger partial charge in [0.05, 0.1) is 4.90 Å². The topological polar surface area (TPSA) is 83.5 Å². The molecule has 0 radical (unpaired) electrons. The monoisotopic (exact) mass is 339 g/mol. The van der Waals surface area contributed by atoms with Gasteiger partial charge in [0.1, 0.15) is 5.60 Å². The van der Waals surface area contributed by atoms with Crippen LogP contribution in [0.2, 0.25) is 0 Å². The van der Waals surface area contributed by atoms with Crippen molar-refractivity contribution in [2.75, 3.05) is 6.54 Å². The molecule has 0 aliphatic carbocycles. The Labute approximate surface area is 133 Å². The van der Waals surface area contributed by atoms with Crippen LogP contribution in [0.3, 0.4) is 0 Å². The second kappa shape index (κ2) is 6.29. The molecule has 22 heavy (non-hydrogen) atoms. The zero-order chi connectivity index (χ0) is 16.4. The number of carbonyl (C=O) groups excluding carboxylic acids is 1. The molecule has 0 bridgehead atoms. The van der Waals surface area contributed by atoms with Crippen molar-refractivity contribution < 1.29 is 18.3 Å². The molecule has 0 aliphatic rings. The molecule has 1 heterocycles. The fraction of sp³-hybridized carbons (Fsp3) is 0.267. The summed E-state index contributed by atoms with van der Waals surface area (Å²) in [5.74, 6) is -0.127. The number of benzene rings is 1. The largest absolute Gasteiger partial charge is 0.383 e. The van der Waals surface area contributed by atoms with E-state index in [4.69, 9.17) is 0 Å². The summed E-state index contributed by atoms with van der Waals surface area (Å²) in [5, 5.41) is 12.2. The molecule has 2 N–H and O–H groups in total. The van der Waals surface area contributed by atoms with E-state index in [1.807, 2.05) is 5.38 Å². The first-order chi connectivity index (χ1) is 10.2. The molecule has 2 aromatic rings. The smallest absolute Gasteiger partial charge is 0.240 e. The van der Waals surface area contributed by atoms with Crippen molar-refractivity contribution in [3.63, 3.8) is 0 Å². The molecule has 118 valence electrons. The maximum Gasteiger partial charge on any atom is 0.240 e. The summed E-state index contributed by atoms with van der Waals surface area (Å²) in [6, 6.07) is 9.23. The van der Waals surface area contributed by atoms with Crippen molar-refractivity contribution >= 4 is 27.1 Å². The number of rotatable bonds is 6. The molecule has 0 saturated heterocycles. The molecule has 1 atom stereocenters. The molecule has 0 amide bonds. The van der Waals surface area contributed by atoms with E-state index < -0.39 is 15.6 Å². The predicted molar refractivity (Wildman–Crippen MR) is 85.5 cm³/mol. The van der Waals surface area contributed by atoms with Crippen LogP contribution in [-0.4, -0.2) is 25.9 Å². The van der Waals surface area contributed by atoms with Crippen LogP contribution < -0.4 is 4.72 Å². The second-order valence-electron chi connectivity index (χ2n) is 5.16. The highest BCUT2D eigenvalue weighted by Crippen LogP contribution is 2.25. The van der Waals surface area contributed by atoms with Crippen molar-refractivity contribution in [1.82, 2.24) is 4.72 Å². The number of ketones is 1. The first kappa shape index (κ1) is 16.8. The summed E-state index contributed by atoms with van der Waals surface area (Å²) in [4.78, 5) is 11.9. The van der Waals surface area contributed by atoms with Gasteiger partial charge in [-0.2, -0.15) is 0 Å². The number of carbonyl (C=O) groups is 1. The van der Waals surface area contributed by atoms with Gasteiger partial charge in [-0.25, -0.2) is 13.1 Å². The molecule has 5 nitrogen and oxygen atoms in total. The van der Waals surface area contributed by atoms with Crippen LogP contribution in [-0.2, 0) is 15.6 Å². The SMILES string of the molecule is CC(=O)c1ccc(S(=O)(=O)NCC(C)(O)c2cccs2)cc1. The predicted octanol–water partition coefficient (Wildman–Crippen LogP) is 2.14. The molecular formula is C15H17NO4S2. The average Bonchev–Trinajstić information content (AvgIpc) is 3.00. The lowest BCUT2D eigenvalue weighted by atomic mass is 10.1. The summed E-state index contributed by atoms with van der Waals surface area (Å²) in [6.45, 7) is 2.84. The van der Waals surface area contributed by atoms with E-state index in [1.165, 1.54) is 42.5 Å². The fourth-order valence-corrected chi connectivity index (χ4v) is 3.78. The molecule has 1 aromatic carbocycles. The summed E-state index contributed by atoms with van der Waals surface area (Å²) in [6.07, 6.45) is 0. The number of hydrogen-bond acceptors (Lipinski definition) is 5. The molecule has 0 aliphatic heterocycles. The van der Waals surface area contributed by atoms with Gasteiger partial charge in [0.25, 0.3) is 0 Å². The number of nitrogens with one attached hydrogen (secondary N) is 1. The van der Waals surface area contributed by atoms with Crippen LogP contribution in [0, 0.1) is 0 Å². The lowest BCUT2D eigenvalue weighted by molar-refractivity contribution is 0.0666. The average molecular weight is 339 g/mol. The van der Waals surface area contributed by atoms with Crippen molar-refractivity contribution in [2.24, 2.45) is 0 Å². The molecule has 0 saturated carbocycles. The van der Waals surface area contributed by atoms with Crippen LogP contribution in [0.15, 0.2) is 46.7 Å². The van der Waals surface area contributed by atoms with E-state index >= 15 is 0 Å². The van der Waals surface area contributed by atoms with Gasteiger partial charge < -0.3 is 5.11 Å². The zero-order valence-corrected chi connectivity index (χ0v) is 13.9. The summed E-state index contributed by atoms with van der Waals surface area (Å²) in [5.41, 5.74) is -0.829. The Morgan fingerprint density at radius 2 is 1.91 bits per heavy atom. The minimum Gasteiger partial charge on any atom is -0.383 e. The van der Waals surface area contributed by atoms with Crippen LogP contribution in [0.4, 0.5) is 0 Å². The van der Waals surface area contributed by atoms with Gasteiger partial charge in [0.2, 0.25) is 10.0 Å². The van der Waals surface area contributed by atoms with E-state index in [0.717, 1.165) is 0 Å². The number of hydrogen-bond donors (Lipinski definition) is 2. The van der Waals surface area contributed by atoms with Gasteiger partial charge in [-0.3, -0.25) is 4.79 Å². The third-order valence-electron chi connectivity index (χ3n) is 3.23. The Bertz CT molecular complexity index is 747. The minimum atomic E-state index is -3.74. The van der Waals surface area contributed by atoms with Crippen LogP contribution in [0.5, 0.6) is 0 Å². The van der Waals surface area contributed by atoms with Gasteiger partial charge in [0, 0.05) is 17.0 Å². The summed E-state index contributed by atoms with van der Waals surface area (Å²) in [7, 11) is -3.74. The van der Waals surface area contributed by atoms with Gasteiger partial charge in [-0.1, -0.05) is 18.2 Å². The third-order valence-corrected chi connectivity index (χ3v) is 5.77. The van der Waals surface area contributed by atoms with Crippen LogP contribution in [0.25, 0.3) is 0 Å². The quantitative estimate of drug-likeness (QED) is 0.790. The highest BCUT2D eigenvalue weighted by Gasteiger charge is 2.27. The lowest BCUT2D eigenvalue weighted by Crippen LogP contribution is -2.38. The van der Waals surface area contributed by atoms with Crippen LogP contribution in [0.1, 0.15) is 29.1 Å². The Balaban J connectivity index is 2.13. The number of Topliss-reactive ketones (excluding diaryl/α,β-unsaturated/α-hetero) is 1. The standard InChI is InChI=1S/C15H17NO4S2/c1-11(17)12-5-7-13(8-6-12)22(19,20)16-10-15(2,18)14-4-3-9-21-14/h3-9,16,18H,10H2,1-2H3. The molecule has 2 rings (SSSR count). The molecule has 0 spiro atoms. The Morgan fingerprint density at radius 1 is 1.27 bits per heavy atom. The fourth-order valence-electron chi connectivity index (χ4n) is 1.86. The Kier molecular flexibility index (Phi) is 4.81. The third kappa shape index (κ3) is 3.80. The van der Waals surface area contributed by atoms with E-state index in [2.05, 4.69) is 4.72 Å². The van der Waals surface area contributed by atoms with Crippen molar-refractivity contribution in [2.45, 2.75) is 24.3 Å². The summed E-state index contributed by atoms with van der Waals surface area (Å²) >= 11 is 1.36. The maximum absolute atomic E-state index is 12.2. The first-order valence-electron chi connectivity index (χ1n) is 6.59. The molecule has 7 heteroatoms. The zero-order valence-electron chi connectivity index (χ0n) is 12.2. The minimum absolute atomic E-state index is 0.0551. The van der Waals surface area contributed by atoms with Gasteiger partial charge >= 0.3 is 0 Å². The molecule has 1 aromatic heterocycles. The van der Waals surface area contributed by atoms with Crippen molar-refractivity contribution in [1.29, 1.82) is 0 Å². The Morgan fingerprint density at radius 3 is 2.41 bits per heavy atom. The van der Waals surface area contributed by atoms with Gasteiger partial charge in [-0.05, 0) is 37.4 Å². The lowest BCUT2D eigenvalue weighted by Gasteiger charge is -2.22. The van der Waals surface area contributed by atoms with E-state index in [-0.39, 0.29) is 17.2 Å². The van der Waals surface area contributed by atoms with E-state index in [1.54, 1.807) is 19.1 Å². The summed E-state index contributed by atoms with van der Waals surface area (Å²) < 4.78 is 26.8. The second-order valence-corrected chi connectivity index (χ2v) is 7.87. The maximum atomic E-state index is 12.2. The number of aliphatic hydroxyl groups is 1. The van der Waals surface area contributed by atoms with Crippen molar-refractivity contribution in [3.8, 4) is 0 Å². The first-order valence-corrected chi connectivity index (χ1v) is 8.96. The van der Waals surface area contributed by atoms with E-state index in [9.17, 15) is 18.3 Å². The van der Waals surface area contributed by atoms with Crippen molar-refractivity contribution in [3.05, 3.63) is 52.2 Å². The van der Waals surface area contributed by atoms with E-state index in [0.29, 0.717) is 10.4 Å². The number of thiophene rings is 1. The van der Waals surface area contributed by atoms with Gasteiger partial charge in [-0.15, -0.1) is 11.3 Å². The van der Waals surface area contributed by atoms with Crippen LogP contribution >= 0.6 is 11.3 Å². The Hall–Kier alpha value is -1.54. The molecular weight excluding hydrogens is 322 g/mol. The highest BCUT2D eigenvalue weighted by atomic mass is 32.2. The number of sulfonamides is 1. The normalized spacial score (nSPS) is 14.5. The highest BCUT2D eigenvalue weighted by molar-refractivity contribution is 7.89. The molecule has 1 unspecified atom stereocenters.